The number of H-pyrrole nitrogens is 1. The Balaban J connectivity index is 1.61. The van der Waals surface area contributed by atoms with Gasteiger partial charge in [0.25, 0.3) is 0 Å². The summed E-state index contributed by atoms with van der Waals surface area (Å²) in [5, 5.41) is 3.16. The highest BCUT2D eigenvalue weighted by Gasteiger charge is 2.26. The zero-order valence-electron chi connectivity index (χ0n) is 19.2. The molecule has 1 N–H and O–H groups in total. The highest BCUT2D eigenvalue weighted by Crippen LogP contribution is 2.41. The van der Waals surface area contributed by atoms with Crippen molar-refractivity contribution in [3.05, 3.63) is 47.7 Å². The molecule has 1 fully saturated rings. The molecular formula is C25H24N6O2S. The Kier molecular flexibility index (Phi) is 5.15. The van der Waals surface area contributed by atoms with Crippen molar-refractivity contribution in [3.63, 3.8) is 0 Å². The summed E-state index contributed by atoms with van der Waals surface area (Å²) in [5.74, 6) is 2.24. The van der Waals surface area contributed by atoms with Gasteiger partial charge in [0.05, 0.1) is 36.6 Å². The van der Waals surface area contributed by atoms with Gasteiger partial charge in [-0.05, 0) is 32.0 Å². The summed E-state index contributed by atoms with van der Waals surface area (Å²) < 4.78 is 12.1. The van der Waals surface area contributed by atoms with Crippen LogP contribution in [0.2, 0.25) is 0 Å². The number of pyridine rings is 2. The van der Waals surface area contributed by atoms with Gasteiger partial charge in [0, 0.05) is 58.2 Å². The number of thiophene rings is 1. The van der Waals surface area contributed by atoms with E-state index in [9.17, 15) is 0 Å². The number of hydrogen-bond acceptors (Lipinski definition) is 8. The fraction of sp³-hybridized carbons (Fsp3) is 0.280. The van der Waals surface area contributed by atoms with E-state index in [1.54, 1.807) is 24.6 Å². The number of methoxy groups -OCH3 is 1. The number of aryl methyl sites for hydroxylation is 1. The molecule has 0 unspecified atom stereocenters. The van der Waals surface area contributed by atoms with E-state index in [4.69, 9.17) is 19.4 Å². The number of nitrogens with zero attached hydrogens (tertiary/aromatic N) is 5. The largest absolute Gasteiger partial charge is 0.481 e. The number of nitrogens with one attached hydrogen (secondary N) is 1. The van der Waals surface area contributed by atoms with E-state index in [2.05, 4.69) is 38.2 Å². The average molecular weight is 473 g/mol. The van der Waals surface area contributed by atoms with E-state index >= 15 is 0 Å². The van der Waals surface area contributed by atoms with Gasteiger partial charge in [0.1, 0.15) is 5.65 Å². The van der Waals surface area contributed by atoms with Crippen LogP contribution < -0.4 is 9.64 Å². The first-order chi connectivity index (χ1) is 16.6. The van der Waals surface area contributed by atoms with Crippen LogP contribution in [0.25, 0.3) is 43.8 Å². The Morgan fingerprint density at radius 1 is 1.12 bits per heavy atom. The Labute approximate surface area is 200 Å². The Morgan fingerprint density at radius 2 is 2.03 bits per heavy atom. The lowest BCUT2D eigenvalue weighted by Gasteiger charge is -2.34. The van der Waals surface area contributed by atoms with Crippen LogP contribution in [0.15, 0.2) is 42.0 Å². The van der Waals surface area contributed by atoms with Gasteiger partial charge in [-0.2, -0.15) is 0 Å². The molecular weight excluding hydrogens is 448 g/mol. The first-order valence-corrected chi connectivity index (χ1v) is 12.1. The predicted molar refractivity (Wildman–Crippen MR) is 135 cm³/mol. The maximum Gasteiger partial charge on any atom is 0.213 e. The molecule has 9 heteroatoms. The van der Waals surface area contributed by atoms with Gasteiger partial charge in [-0.1, -0.05) is 0 Å². The van der Waals surface area contributed by atoms with E-state index in [0.717, 1.165) is 56.0 Å². The monoisotopic (exact) mass is 472 g/mol. The second kappa shape index (κ2) is 8.34. The van der Waals surface area contributed by atoms with E-state index in [0.29, 0.717) is 24.9 Å². The van der Waals surface area contributed by atoms with Crippen molar-refractivity contribution in [2.45, 2.75) is 19.9 Å². The van der Waals surface area contributed by atoms with Gasteiger partial charge in [-0.15, -0.1) is 11.3 Å². The molecule has 172 valence electrons. The molecule has 0 amide bonds. The Morgan fingerprint density at radius 3 is 2.85 bits per heavy atom. The van der Waals surface area contributed by atoms with Gasteiger partial charge in [-0.25, -0.2) is 19.9 Å². The van der Waals surface area contributed by atoms with Gasteiger partial charge < -0.3 is 19.4 Å². The van der Waals surface area contributed by atoms with Crippen molar-refractivity contribution in [2.24, 2.45) is 0 Å². The lowest BCUT2D eigenvalue weighted by Crippen LogP contribution is -2.44. The number of aromatic nitrogens is 5. The first-order valence-electron chi connectivity index (χ1n) is 11.2. The van der Waals surface area contributed by atoms with Crippen LogP contribution in [0, 0.1) is 6.92 Å². The molecule has 0 aromatic carbocycles. The molecule has 6 heterocycles. The first kappa shape index (κ1) is 21.0. The van der Waals surface area contributed by atoms with Crippen LogP contribution in [0.3, 0.4) is 0 Å². The highest BCUT2D eigenvalue weighted by molar-refractivity contribution is 7.18. The lowest BCUT2D eigenvalue weighted by molar-refractivity contribution is 0.0987. The SMILES string of the molecule is COc1ccc(-c2csc3c(N4CCOC[C@H]4C)nc(-c4ccnc5[nH]ccc45)nc23)c(C)n1. The third kappa shape index (κ3) is 3.39. The number of anilines is 1. The molecule has 5 aromatic heterocycles. The minimum atomic E-state index is 0.222. The lowest BCUT2D eigenvalue weighted by atomic mass is 10.1. The van der Waals surface area contributed by atoms with Crippen molar-refractivity contribution in [1.82, 2.24) is 24.9 Å². The number of ether oxygens (including phenoxy) is 2. The molecule has 0 radical (unpaired) electrons. The highest BCUT2D eigenvalue weighted by atomic mass is 32.1. The van der Waals surface area contributed by atoms with E-state index in [1.807, 2.05) is 31.3 Å². The smallest absolute Gasteiger partial charge is 0.213 e. The van der Waals surface area contributed by atoms with Crippen LogP contribution in [-0.2, 0) is 4.74 Å². The van der Waals surface area contributed by atoms with Gasteiger partial charge in [-0.3, -0.25) is 0 Å². The maximum absolute atomic E-state index is 5.71. The molecule has 1 aliphatic heterocycles. The molecule has 34 heavy (non-hydrogen) atoms. The molecule has 0 spiro atoms. The van der Waals surface area contributed by atoms with Crippen LogP contribution in [0.1, 0.15) is 12.6 Å². The van der Waals surface area contributed by atoms with Crippen molar-refractivity contribution >= 4 is 38.4 Å². The minimum Gasteiger partial charge on any atom is -0.481 e. The fourth-order valence-electron chi connectivity index (χ4n) is 4.54. The molecule has 0 aliphatic carbocycles. The number of fused-ring (bicyclic) bond motifs is 2. The minimum absolute atomic E-state index is 0.222. The molecule has 6 rings (SSSR count). The third-order valence-corrected chi connectivity index (χ3v) is 7.26. The van der Waals surface area contributed by atoms with Crippen LogP contribution in [0.5, 0.6) is 5.88 Å². The van der Waals surface area contributed by atoms with Gasteiger partial charge >= 0.3 is 0 Å². The van der Waals surface area contributed by atoms with Crippen LogP contribution >= 0.6 is 11.3 Å². The molecule has 1 atom stereocenters. The van der Waals surface area contributed by atoms with Crippen molar-refractivity contribution in [1.29, 1.82) is 0 Å². The molecule has 8 nitrogen and oxygen atoms in total. The normalized spacial score (nSPS) is 16.4. The molecule has 1 aliphatic rings. The zero-order valence-corrected chi connectivity index (χ0v) is 20.0. The average Bonchev–Trinajstić information content (AvgIpc) is 3.51. The maximum atomic E-state index is 5.71. The standard InChI is InChI=1S/C25H24N6O2S/c1-14-12-33-11-10-31(14)25-22-21(19(13-34-22)16-4-5-20(32-3)28-15(16)2)29-24(30-25)18-7-9-27-23-17(18)6-8-26-23/h4-9,13-14H,10-12H2,1-3H3,(H,26,27)/t14-/m1/s1. The summed E-state index contributed by atoms with van der Waals surface area (Å²) in [7, 11) is 1.63. The number of hydrogen-bond donors (Lipinski definition) is 1. The number of aromatic amines is 1. The van der Waals surface area contributed by atoms with Gasteiger partial charge in [0.2, 0.25) is 5.88 Å². The summed E-state index contributed by atoms with van der Waals surface area (Å²) in [6.45, 7) is 6.33. The van der Waals surface area contributed by atoms with E-state index in [1.165, 1.54) is 0 Å². The van der Waals surface area contributed by atoms with E-state index in [-0.39, 0.29) is 6.04 Å². The summed E-state index contributed by atoms with van der Waals surface area (Å²) in [4.78, 5) is 24.8. The Bertz CT molecular complexity index is 1510. The van der Waals surface area contributed by atoms with E-state index < -0.39 is 0 Å². The molecule has 5 aromatic rings. The second-order valence-electron chi connectivity index (χ2n) is 8.40. The van der Waals surface area contributed by atoms with Crippen molar-refractivity contribution in [3.8, 4) is 28.4 Å². The summed E-state index contributed by atoms with van der Waals surface area (Å²) in [5.41, 5.74) is 5.70. The second-order valence-corrected chi connectivity index (χ2v) is 9.28. The molecule has 0 saturated carbocycles. The summed E-state index contributed by atoms with van der Waals surface area (Å²) in [6, 6.07) is 8.17. The Hall–Kier alpha value is -3.56. The quantitative estimate of drug-likeness (QED) is 0.400. The van der Waals surface area contributed by atoms with Crippen molar-refractivity contribution in [2.75, 3.05) is 31.8 Å². The molecule has 1 saturated heterocycles. The third-order valence-electron chi connectivity index (χ3n) is 6.30. The molecule has 0 bridgehead atoms. The summed E-state index contributed by atoms with van der Waals surface area (Å²) >= 11 is 1.67. The predicted octanol–water partition coefficient (Wildman–Crippen LogP) is 4.84. The fourth-order valence-corrected chi connectivity index (χ4v) is 5.55. The topological polar surface area (TPSA) is 89.0 Å². The van der Waals surface area contributed by atoms with Crippen LogP contribution in [-0.4, -0.2) is 57.8 Å². The van der Waals surface area contributed by atoms with Crippen LogP contribution in [0.4, 0.5) is 5.82 Å². The number of morpholine rings is 1. The van der Waals surface area contributed by atoms with Crippen molar-refractivity contribution < 1.29 is 9.47 Å². The number of rotatable bonds is 4. The van der Waals surface area contributed by atoms with Gasteiger partial charge in [0.15, 0.2) is 11.6 Å². The zero-order chi connectivity index (χ0) is 23.2. The summed E-state index contributed by atoms with van der Waals surface area (Å²) in [6.07, 6.45) is 3.69.